The molecule has 0 aliphatic heterocycles. The molecule has 21 heavy (non-hydrogen) atoms. The predicted octanol–water partition coefficient (Wildman–Crippen LogP) is 2.20. The number of hydrogen-bond donors (Lipinski definition) is 2. The number of nitrogens with one attached hydrogen (secondary N) is 1. The van der Waals surface area contributed by atoms with E-state index < -0.39 is 0 Å². The number of aromatic nitrogens is 3. The average molecular weight is 304 g/mol. The molecule has 3 aromatic rings. The third-order valence-corrected chi connectivity index (χ3v) is 3.75. The molecule has 0 radical (unpaired) electrons. The molecule has 0 unspecified atom stereocenters. The van der Waals surface area contributed by atoms with Crippen molar-refractivity contribution in [3.63, 3.8) is 0 Å². The Labute approximate surface area is 125 Å². The summed E-state index contributed by atoms with van der Waals surface area (Å²) < 4.78 is 7.62. The maximum absolute atomic E-state index is 11.2. The molecule has 2 heterocycles. The third-order valence-electron chi connectivity index (χ3n) is 3.03. The van der Waals surface area contributed by atoms with E-state index in [4.69, 9.17) is 10.5 Å². The van der Waals surface area contributed by atoms with Crippen LogP contribution in [0.3, 0.4) is 0 Å². The van der Waals surface area contributed by atoms with Gasteiger partial charge < -0.3 is 20.0 Å². The zero-order valence-electron chi connectivity index (χ0n) is 11.8. The molecular weight excluding hydrogens is 288 g/mol. The number of para-hydroxylation sites is 1. The molecule has 1 aromatic carbocycles. The van der Waals surface area contributed by atoms with E-state index in [-0.39, 0.29) is 11.0 Å². The number of aromatic amines is 1. The summed E-state index contributed by atoms with van der Waals surface area (Å²) in [5.41, 5.74) is 8.45. The highest BCUT2D eigenvalue weighted by Crippen LogP contribution is 2.28. The first-order chi connectivity index (χ1) is 10.0. The Balaban J connectivity index is 2.07. The number of fused-ring (bicyclic) bond motifs is 1. The molecule has 0 fully saturated rings. The fourth-order valence-electron chi connectivity index (χ4n) is 2.22. The molecule has 0 amide bonds. The van der Waals surface area contributed by atoms with Crippen LogP contribution < -0.4 is 15.3 Å². The van der Waals surface area contributed by atoms with Crippen LogP contribution in [0.2, 0.25) is 0 Å². The molecule has 0 bridgehead atoms. The molecule has 0 aliphatic carbocycles. The molecule has 6 nitrogen and oxygen atoms in total. The number of benzene rings is 1. The van der Waals surface area contributed by atoms with Gasteiger partial charge in [-0.2, -0.15) is 0 Å². The predicted molar refractivity (Wildman–Crippen MR) is 84.0 cm³/mol. The monoisotopic (exact) mass is 304 g/mol. The van der Waals surface area contributed by atoms with E-state index in [0.717, 1.165) is 28.1 Å². The standard InChI is InChI=1S/C14H16N4O2S/c1-8(2)20-11-5-3-4-10-12(11)17-13(15)18(10)6-9-7-21-14(19)16-9/h3-5,7-8H,6H2,1-2H3,(H2,15,17)(H,16,19). The van der Waals surface area contributed by atoms with Gasteiger partial charge in [0.05, 0.1) is 18.2 Å². The van der Waals surface area contributed by atoms with Gasteiger partial charge in [-0.1, -0.05) is 17.4 Å². The van der Waals surface area contributed by atoms with Crippen molar-refractivity contribution < 1.29 is 4.74 Å². The number of H-pyrrole nitrogens is 1. The van der Waals surface area contributed by atoms with Gasteiger partial charge in [-0.3, -0.25) is 4.79 Å². The zero-order valence-corrected chi connectivity index (χ0v) is 12.6. The van der Waals surface area contributed by atoms with Crippen LogP contribution in [-0.4, -0.2) is 20.6 Å². The summed E-state index contributed by atoms with van der Waals surface area (Å²) in [4.78, 5) is 18.3. The zero-order chi connectivity index (χ0) is 15.0. The van der Waals surface area contributed by atoms with Crippen molar-refractivity contribution in [1.29, 1.82) is 0 Å². The second-order valence-electron chi connectivity index (χ2n) is 5.02. The van der Waals surface area contributed by atoms with Crippen molar-refractivity contribution in [2.45, 2.75) is 26.5 Å². The first kappa shape index (κ1) is 13.7. The molecule has 0 atom stereocenters. The molecular formula is C14H16N4O2S. The Morgan fingerprint density at radius 3 is 2.95 bits per heavy atom. The van der Waals surface area contributed by atoms with Crippen LogP contribution in [-0.2, 0) is 6.54 Å². The van der Waals surface area contributed by atoms with Crippen molar-refractivity contribution in [1.82, 2.24) is 14.5 Å². The number of nitrogen functional groups attached to an aromatic ring is 1. The Morgan fingerprint density at radius 2 is 2.29 bits per heavy atom. The van der Waals surface area contributed by atoms with Crippen molar-refractivity contribution in [2.75, 3.05) is 5.73 Å². The van der Waals surface area contributed by atoms with Crippen LogP contribution in [0.4, 0.5) is 5.95 Å². The summed E-state index contributed by atoms with van der Waals surface area (Å²) in [6, 6.07) is 5.73. The van der Waals surface area contributed by atoms with E-state index in [9.17, 15) is 4.79 Å². The number of anilines is 1. The third kappa shape index (κ3) is 2.64. The molecule has 3 N–H and O–H groups in total. The number of hydrogen-bond acceptors (Lipinski definition) is 5. The maximum atomic E-state index is 11.2. The van der Waals surface area contributed by atoms with Gasteiger partial charge in [-0.05, 0) is 26.0 Å². The summed E-state index contributed by atoms with van der Waals surface area (Å²) in [5, 5.41) is 1.79. The normalized spacial score (nSPS) is 11.4. The molecule has 0 saturated heterocycles. The Morgan fingerprint density at radius 1 is 1.48 bits per heavy atom. The molecule has 0 aliphatic rings. The average Bonchev–Trinajstić information content (AvgIpc) is 2.96. The van der Waals surface area contributed by atoms with Crippen molar-refractivity contribution >= 4 is 28.3 Å². The summed E-state index contributed by atoms with van der Waals surface area (Å²) in [6.45, 7) is 4.41. The van der Waals surface area contributed by atoms with Gasteiger partial charge >= 0.3 is 4.87 Å². The highest BCUT2D eigenvalue weighted by atomic mass is 32.1. The first-order valence-electron chi connectivity index (χ1n) is 6.62. The van der Waals surface area contributed by atoms with Gasteiger partial charge in [0.15, 0.2) is 0 Å². The lowest BCUT2D eigenvalue weighted by molar-refractivity contribution is 0.245. The minimum absolute atomic E-state index is 0.0650. The van der Waals surface area contributed by atoms with Crippen LogP contribution in [0.25, 0.3) is 11.0 Å². The van der Waals surface area contributed by atoms with Gasteiger partial charge in [0.2, 0.25) is 5.95 Å². The molecule has 110 valence electrons. The summed E-state index contributed by atoms with van der Waals surface area (Å²) >= 11 is 1.14. The highest BCUT2D eigenvalue weighted by Gasteiger charge is 2.14. The number of nitrogens with zero attached hydrogens (tertiary/aromatic N) is 2. The lowest BCUT2D eigenvalue weighted by Gasteiger charge is -2.10. The molecule has 7 heteroatoms. The van der Waals surface area contributed by atoms with Crippen LogP contribution in [0, 0.1) is 0 Å². The van der Waals surface area contributed by atoms with Crippen LogP contribution in [0.1, 0.15) is 19.5 Å². The van der Waals surface area contributed by atoms with E-state index in [0.29, 0.717) is 18.2 Å². The van der Waals surface area contributed by atoms with E-state index in [2.05, 4.69) is 9.97 Å². The lowest BCUT2D eigenvalue weighted by atomic mass is 10.3. The molecule has 3 rings (SSSR count). The number of nitrogens with two attached hydrogens (primary N) is 1. The van der Waals surface area contributed by atoms with Crippen molar-refractivity contribution in [3.05, 3.63) is 38.9 Å². The number of thiazole rings is 1. The highest BCUT2D eigenvalue weighted by molar-refractivity contribution is 7.07. The van der Waals surface area contributed by atoms with Gasteiger partial charge in [0.25, 0.3) is 0 Å². The number of imidazole rings is 1. The summed E-state index contributed by atoms with van der Waals surface area (Å²) in [7, 11) is 0. The van der Waals surface area contributed by atoms with Gasteiger partial charge in [0, 0.05) is 11.1 Å². The maximum Gasteiger partial charge on any atom is 0.304 e. The molecule has 2 aromatic heterocycles. The minimum Gasteiger partial charge on any atom is -0.489 e. The lowest BCUT2D eigenvalue weighted by Crippen LogP contribution is -2.07. The van der Waals surface area contributed by atoms with E-state index >= 15 is 0 Å². The van der Waals surface area contributed by atoms with Crippen molar-refractivity contribution in [2.24, 2.45) is 0 Å². The van der Waals surface area contributed by atoms with Crippen LogP contribution in [0.5, 0.6) is 5.75 Å². The van der Waals surface area contributed by atoms with E-state index in [1.807, 2.05) is 36.6 Å². The van der Waals surface area contributed by atoms with Crippen LogP contribution in [0.15, 0.2) is 28.4 Å². The SMILES string of the molecule is CC(C)Oc1cccc2c1nc(N)n2Cc1csc(=O)[nH]1. The van der Waals surface area contributed by atoms with Crippen molar-refractivity contribution in [3.8, 4) is 5.75 Å². The minimum atomic E-state index is -0.0724. The van der Waals surface area contributed by atoms with Crippen LogP contribution >= 0.6 is 11.3 Å². The first-order valence-corrected chi connectivity index (χ1v) is 7.50. The largest absolute Gasteiger partial charge is 0.489 e. The van der Waals surface area contributed by atoms with Gasteiger partial charge in [0.1, 0.15) is 11.3 Å². The number of rotatable bonds is 4. The molecule has 0 saturated carbocycles. The smallest absolute Gasteiger partial charge is 0.304 e. The van der Waals surface area contributed by atoms with Gasteiger partial charge in [-0.25, -0.2) is 4.98 Å². The second-order valence-corrected chi connectivity index (χ2v) is 5.86. The van der Waals surface area contributed by atoms with Gasteiger partial charge in [-0.15, -0.1) is 0 Å². The summed E-state index contributed by atoms with van der Waals surface area (Å²) in [6.07, 6.45) is 0.0650. The topological polar surface area (TPSA) is 85.9 Å². The Kier molecular flexibility index (Phi) is 3.42. The van der Waals surface area contributed by atoms with E-state index in [1.54, 1.807) is 5.38 Å². The Bertz CT molecular complexity index is 831. The van der Waals surface area contributed by atoms with E-state index in [1.165, 1.54) is 0 Å². The Hall–Kier alpha value is -2.28. The summed E-state index contributed by atoms with van der Waals surface area (Å²) in [5.74, 6) is 1.11. The molecule has 0 spiro atoms. The second kappa shape index (κ2) is 5.25. The number of ether oxygens (including phenoxy) is 1. The quantitative estimate of drug-likeness (QED) is 0.773. The fraction of sp³-hybridized carbons (Fsp3) is 0.286. The fourth-order valence-corrected chi connectivity index (χ4v) is 2.79.